The van der Waals surface area contributed by atoms with E-state index in [1.807, 2.05) is 38.1 Å². The fourth-order valence-electron chi connectivity index (χ4n) is 2.15. The van der Waals surface area contributed by atoms with Crippen molar-refractivity contribution in [3.63, 3.8) is 0 Å². The van der Waals surface area contributed by atoms with Crippen molar-refractivity contribution < 1.29 is 19.4 Å². The molecule has 0 aliphatic heterocycles. The molecule has 0 radical (unpaired) electrons. The summed E-state index contributed by atoms with van der Waals surface area (Å²) in [6.45, 7) is 4.25. The van der Waals surface area contributed by atoms with E-state index in [0.29, 0.717) is 6.54 Å². The minimum absolute atomic E-state index is 0.0926. The maximum Gasteiger partial charge on any atom is 0.335 e. The van der Waals surface area contributed by atoms with E-state index in [1.54, 1.807) is 18.2 Å². The van der Waals surface area contributed by atoms with Gasteiger partial charge in [-0.3, -0.25) is 4.79 Å². The van der Waals surface area contributed by atoms with Crippen LogP contribution in [0.25, 0.3) is 6.08 Å². The summed E-state index contributed by atoms with van der Waals surface area (Å²) in [6, 6.07) is 13.9. The lowest BCUT2D eigenvalue weighted by Gasteiger charge is -2.09. The number of carbonyl (C=O) groups is 2. The number of ether oxygens (including phenoxy) is 1. The molecule has 0 unspecified atom stereocenters. The molecule has 0 aliphatic rings. The van der Waals surface area contributed by atoms with Crippen molar-refractivity contribution in [3.8, 4) is 5.75 Å². The molecule has 0 saturated heterocycles. The van der Waals surface area contributed by atoms with Crippen molar-refractivity contribution in [2.75, 3.05) is 0 Å². The summed E-state index contributed by atoms with van der Waals surface area (Å²) in [5.74, 6) is -0.434. The first-order valence-corrected chi connectivity index (χ1v) is 7.99. The molecule has 0 atom stereocenters. The van der Waals surface area contributed by atoms with Crippen molar-refractivity contribution in [1.29, 1.82) is 0 Å². The topological polar surface area (TPSA) is 75.6 Å². The van der Waals surface area contributed by atoms with E-state index in [-0.39, 0.29) is 17.6 Å². The Bertz CT molecular complexity index is 764. The summed E-state index contributed by atoms with van der Waals surface area (Å²) >= 11 is 0. The maximum absolute atomic E-state index is 11.9. The molecule has 0 saturated carbocycles. The number of carboxylic acid groups (broad SMARTS) is 1. The third kappa shape index (κ3) is 6.14. The van der Waals surface area contributed by atoms with Crippen molar-refractivity contribution in [2.45, 2.75) is 26.5 Å². The zero-order chi connectivity index (χ0) is 18.2. The number of benzene rings is 2. The summed E-state index contributed by atoms with van der Waals surface area (Å²) in [6.07, 6.45) is 3.27. The lowest BCUT2D eigenvalue weighted by molar-refractivity contribution is -0.116. The van der Waals surface area contributed by atoms with Gasteiger partial charge in [-0.05, 0) is 55.3 Å². The normalized spacial score (nSPS) is 10.8. The Labute approximate surface area is 146 Å². The maximum atomic E-state index is 11.9. The Kier molecular flexibility index (Phi) is 6.34. The Morgan fingerprint density at radius 2 is 1.88 bits per heavy atom. The molecule has 130 valence electrons. The van der Waals surface area contributed by atoms with Crippen LogP contribution < -0.4 is 10.1 Å². The standard InChI is InChI=1S/C20H21NO4/c1-14(2)25-18-5-3-4-15(12-18)8-11-19(22)21-13-16-6-9-17(10-7-16)20(23)24/h3-12,14H,13H2,1-2H3,(H,21,22)(H,23,24)/b11-8+. The predicted molar refractivity (Wildman–Crippen MR) is 96.5 cm³/mol. The molecule has 2 aromatic rings. The molecule has 2 rings (SSSR count). The van der Waals surface area contributed by atoms with Crippen molar-refractivity contribution in [3.05, 3.63) is 71.3 Å². The first-order chi connectivity index (χ1) is 11.9. The summed E-state index contributed by atoms with van der Waals surface area (Å²) in [7, 11) is 0. The molecule has 2 aromatic carbocycles. The van der Waals surface area contributed by atoms with E-state index in [1.165, 1.54) is 18.2 Å². The molecular formula is C20H21NO4. The molecular weight excluding hydrogens is 318 g/mol. The summed E-state index contributed by atoms with van der Waals surface area (Å²) in [5, 5.41) is 11.6. The summed E-state index contributed by atoms with van der Waals surface area (Å²) < 4.78 is 5.62. The van der Waals surface area contributed by atoms with Crippen LogP contribution in [0.5, 0.6) is 5.75 Å². The third-order valence-electron chi connectivity index (χ3n) is 3.32. The Balaban J connectivity index is 1.89. The molecule has 1 amide bonds. The second-order valence-electron chi connectivity index (χ2n) is 5.79. The van der Waals surface area contributed by atoms with Crippen molar-refractivity contribution >= 4 is 18.0 Å². The molecule has 25 heavy (non-hydrogen) atoms. The highest BCUT2D eigenvalue weighted by Crippen LogP contribution is 2.15. The van der Waals surface area contributed by atoms with Gasteiger partial charge < -0.3 is 15.2 Å². The lowest BCUT2D eigenvalue weighted by atomic mass is 10.1. The van der Waals surface area contributed by atoms with Gasteiger partial charge in [0.15, 0.2) is 0 Å². The quantitative estimate of drug-likeness (QED) is 0.757. The van der Waals surface area contributed by atoms with Gasteiger partial charge in [0.05, 0.1) is 11.7 Å². The monoisotopic (exact) mass is 339 g/mol. The number of rotatable bonds is 7. The number of amides is 1. The molecule has 5 heteroatoms. The fraction of sp³-hybridized carbons (Fsp3) is 0.200. The Hall–Kier alpha value is -3.08. The second-order valence-corrected chi connectivity index (χ2v) is 5.79. The van der Waals surface area contributed by atoms with Gasteiger partial charge in [-0.2, -0.15) is 0 Å². The van der Waals surface area contributed by atoms with Crippen LogP contribution in [-0.4, -0.2) is 23.1 Å². The molecule has 0 aliphatic carbocycles. The number of carbonyl (C=O) groups excluding carboxylic acids is 1. The highest BCUT2D eigenvalue weighted by molar-refractivity contribution is 5.91. The minimum atomic E-state index is -0.970. The van der Waals surface area contributed by atoms with Gasteiger partial charge in [-0.25, -0.2) is 4.79 Å². The van der Waals surface area contributed by atoms with Crippen LogP contribution in [0.1, 0.15) is 35.3 Å². The van der Waals surface area contributed by atoms with Gasteiger partial charge in [0.2, 0.25) is 5.91 Å². The zero-order valence-corrected chi connectivity index (χ0v) is 14.2. The molecule has 0 fully saturated rings. The SMILES string of the molecule is CC(C)Oc1cccc(/C=C/C(=O)NCc2ccc(C(=O)O)cc2)c1. The van der Waals surface area contributed by atoms with Crippen LogP contribution in [0.4, 0.5) is 0 Å². The van der Waals surface area contributed by atoms with E-state index in [4.69, 9.17) is 9.84 Å². The van der Waals surface area contributed by atoms with Gasteiger partial charge in [0, 0.05) is 12.6 Å². The number of nitrogens with one attached hydrogen (secondary N) is 1. The molecule has 2 N–H and O–H groups in total. The molecule has 0 aromatic heterocycles. The van der Waals surface area contributed by atoms with E-state index < -0.39 is 5.97 Å². The molecule has 5 nitrogen and oxygen atoms in total. The summed E-state index contributed by atoms with van der Waals surface area (Å²) in [4.78, 5) is 22.7. The van der Waals surface area contributed by atoms with E-state index in [0.717, 1.165) is 16.9 Å². The minimum Gasteiger partial charge on any atom is -0.491 e. The van der Waals surface area contributed by atoms with E-state index in [2.05, 4.69) is 5.32 Å². The van der Waals surface area contributed by atoms with Crippen molar-refractivity contribution in [2.24, 2.45) is 0 Å². The van der Waals surface area contributed by atoms with Crippen LogP contribution in [0.3, 0.4) is 0 Å². The zero-order valence-electron chi connectivity index (χ0n) is 14.2. The van der Waals surface area contributed by atoms with Crippen LogP contribution in [-0.2, 0) is 11.3 Å². The highest BCUT2D eigenvalue weighted by Gasteiger charge is 2.03. The average molecular weight is 339 g/mol. The number of carboxylic acids is 1. The average Bonchev–Trinajstić information content (AvgIpc) is 2.58. The van der Waals surface area contributed by atoms with Crippen LogP contribution in [0.15, 0.2) is 54.6 Å². The van der Waals surface area contributed by atoms with E-state index in [9.17, 15) is 9.59 Å². The molecule has 0 heterocycles. The first-order valence-electron chi connectivity index (χ1n) is 7.99. The Morgan fingerprint density at radius 3 is 2.52 bits per heavy atom. The molecule has 0 spiro atoms. The smallest absolute Gasteiger partial charge is 0.335 e. The van der Waals surface area contributed by atoms with Gasteiger partial charge in [-0.15, -0.1) is 0 Å². The van der Waals surface area contributed by atoms with Crippen molar-refractivity contribution in [1.82, 2.24) is 5.32 Å². The fourth-order valence-corrected chi connectivity index (χ4v) is 2.15. The van der Waals surface area contributed by atoms with Crippen LogP contribution in [0.2, 0.25) is 0 Å². The third-order valence-corrected chi connectivity index (χ3v) is 3.32. The highest BCUT2D eigenvalue weighted by atomic mass is 16.5. The summed E-state index contributed by atoms with van der Waals surface area (Å²) in [5.41, 5.74) is 1.93. The predicted octanol–water partition coefficient (Wildman–Crippen LogP) is 3.50. The number of aromatic carboxylic acids is 1. The lowest BCUT2D eigenvalue weighted by Crippen LogP contribution is -2.20. The van der Waals surface area contributed by atoms with Gasteiger partial charge in [0.25, 0.3) is 0 Å². The van der Waals surface area contributed by atoms with Gasteiger partial charge >= 0.3 is 5.97 Å². The van der Waals surface area contributed by atoms with Crippen LogP contribution >= 0.6 is 0 Å². The largest absolute Gasteiger partial charge is 0.491 e. The molecule has 0 bridgehead atoms. The number of hydrogen-bond donors (Lipinski definition) is 2. The number of hydrogen-bond acceptors (Lipinski definition) is 3. The first kappa shape index (κ1) is 18.3. The second kappa shape index (κ2) is 8.68. The Morgan fingerprint density at radius 1 is 1.16 bits per heavy atom. The van der Waals surface area contributed by atoms with Gasteiger partial charge in [0.1, 0.15) is 5.75 Å². The van der Waals surface area contributed by atoms with Gasteiger partial charge in [-0.1, -0.05) is 24.3 Å². The van der Waals surface area contributed by atoms with Crippen LogP contribution in [0, 0.1) is 0 Å². The van der Waals surface area contributed by atoms with E-state index >= 15 is 0 Å².